The molecule has 1 aliphatic rings. The predicted molar refractivity (Wildman–Crippen MR) is 74.6 cm³/mol. The number of rotatable bonds is 2. The van der Waals surface area contributed by atoms with Gasteiger partial charge in [-0.15, -0.1) is 0 Å². The molecule has 1 amide bonds. The highest BCUT2D eigenvalue weighted by Gasteiger charge is 2.29. The van der Waals surface area contributed by atoms with Crippen LogP contribution in [-0.2, 0) is 4.79 Å². The van der Waals surface area contributed by atoms with E-state index in [0.717, 1.165) is 17.3 Å². The van der Waals surface area contributed by atoms with E-state index >= 15 is 0 Å². The fourth-order valence-electron chi connectivity index (χ4n) is 2.81. The first kappa shape index (κ1) is 12.7. The summed E-state index contributed by atoms with van der Waals surface area (Å²) in [7, 11) is 0. The molecule has 0 saturated carbocycles. The Balaban J connectivity index is 1.88. The summed E-state index contributed by atoms with van der Waals surface area (Å²) in [5, 5.41) is 9.99. The standard InChI is InChI=1S/C15H16N2O3/c18-14(17-8-2-3-10(9-17)15(19)20)12-4-1-5-13-11(12)6-7-16-13/h1,4-7,10,16H,2-3,8-9H2,(H,19,20)/t10-/m1/s1. The van der Waals surface area contributed by atoms with Crippen molar-refractivity contribution in [2.45, 2.75) is 12.8 Å². The van der Waals surface area contributed by atoms with E-state index < -0.39 is 11.9 Å². The van der Waals surface area contributed by atoms with E-state index in [9.17, 15) is 9.59 Å². The number of carboxylic acids is 1. The maximum absolute atomic E-state index is 12.6. The van der Waals surface area contributed by atoms with Gasteiger partial charge in [0.15, 0.2) is 0 Å². The van der Waals surface area contributed by atoms with E-state index in [1.54, 1.807) is 17.2 Å². The molecule has 2 N–H and O–H groups in total. The topological polar surface area (TPSA) is 73.4 Å². The number of H-pyrrole nitrogens is 1. The monoisotopic (exact) mass is 272 g/mol. The number of nitrogens with zero attached hydrogens (tertiary/aromatic N) is 1. The summed E-state index contributed by atoms with van der Waals surface area (Å²) in [5.41, 5.74) is 1.55. The van der Waals surface area contributed by atoms with Gasteiger partial charge in [-0.2, -0.15) is 0 Å². The van der Waals surface area contributed by atoms with E-state index in [-0.39, 0.29) is 5.91 Å². The molecule has 0 radical (unpaired) electrons. The Kier molecular flexibility index (Phi) is 3.18. The summed E-state index contributed by atoms with van der Waals surface area (Å²) in [6, 6.07) is 7.43. The second-order valence-electron chi connectivity index (χ2n) is 5.17. The third kappa shape index (κ3) is 2.15. The van der Waals surface area contributed by atoms with Crippen molar-refractivity contribution in [2.24, 2.45) is 5.92 Å². The molecule has 1 atom stereocenters. The van der Waals surface area contributed by atoms with Crippen LogP contribution < -0.4 is 0 Å². The van der Waals surface area contributed by atoms with Gasteiger partial charge >= 0.3 is 5.97 Å². The van der Waals surface area contributed by atoms with Crippen LogP contribution in [-0.4, -0.2) is 40.0 Å². The Labute approximate surface area is 116 Å². The molecule has 2 heterocycles. The molecule has 1 saturated heterocycles. The minimum absolute atomic E-state index is 0.0823. The van der Waals surface area contributed by atoms with Crippen LogP contribution in [0.2, 0.25) is 0 Å². The van der Waals surface area contributed by atoms with Crippen LogP contribution in [0.5, 0.6) is 0 Å². The lowest BCUT2D eigenvalue weighted by atomic mass is 9.97. The molecule has 5 heteroatoms. The SMILES string of the molecule is O=C(O)[C@@H]1CCCN(C(=O)c2cccc3[nH]ccc23)C1. The number of hydrogen-bond donors (Lipinski definition) is 2. The van der Waals surface area contributed by atoms with Crippen LogP contribution in [0.4, 0.5) is 0 Å². The van der Waals surface area contributed by atoms with Crippen molar-refractivity contribution in [3.8, 4) is 0 Å². The van der Waals surface area contributed by atoms with Gasteiger partial charge in [0, 0.05) is 35.8 Å². The number of aromatic amines is 1. The minimum Gasteiger partial charge on any atom is -0.481 e. The van der Waals surface area contributed by atoms with Gasteiger partial charge < -0.3 is 15.0 Å². The van der Waals surface area contributed by atoms with Gasteiger partial charge in [-0.25, -0.2) is 0 Å². The third-order valence-corrected chi connectivity index (χ3v) is 3.88. The number of amides is 1. The molecule has 1 fully saturated rings. The zero-order chi connectivity index (χ0) is 14.1. The smallest absolute Gasteiger partial charge is 0.308 e. The molecule has 1 aliphatic heterocycles. The van der Waals surface area contributed by atoms with Crippen LogP contribution in [0.25, 0.3) is 10.9 Å². The van der Waals surface area contributed by atoms with E-state index in [4.69, 9.17) is 5.11 Å². The molecule has 0 bridgehead atoms. The maximum atomic E-state index is 12.6. The molecule has 1 aromatic heterocycles. The van der Waals surface area contributed by atoms with E-state index in [0.29, 0.717) is 25.1 Å². The van der Waals surface area contributed by atoms with Gasteiger partial charge in [0.25, 0.3) is 5.91 Å². The lowest BCUT2D eigenvalue weighted by Gasteiger charge is -2.30. The number of piperidine rings is 1. The highest BCUT2D eigenvalue weighted by Crippen LogP contribution is 2.23. The number of fused-ring (bicyclic) bond motifs is 1. The highest BCUT2D eigenvalue weighted by molar-refractivity contribution is 6.06. The number of carbonyl (C=O) groups is 2. The lowest BCUT2D eigenvalue weighted by Crippen LogP contribution is -2.42. The van der Waals surface area contributed by atoms with Crippen molar-refractivity contribution < 1.29 is 14.7 Å². The van der Waals surface area contributed by atoms with Gasteiger partial charge in [-0.05, 0) is 31.0 Å². The number of carboxylic acid groups (broad SMARTS) is 1. The zero-order valence-electron chi connectivity index (χ0n) is 11.0. The van der Waals surface area contributed by atoms with Gasteiger partial charge in [-0.1, -0.05) is 6.07 Å². The molecule has 0 aliphatic carbocycles. The van der Waals surface area contributed by atoms with Crippen molar-refractivity contribution >= 4 is 22.8 Å². The fraction of sp³-hybridized carbons (Fsp3) is 0.333. The van der Waals surface area contributed by atoms with Gasteiger partial charge in [0.05, 0.1) is 5.92 Å². The van der Waals surface area contributed by atoms with Crippen LogP contribution in [0, 0.1) is 5.92 Å². The van der Waals surface area contributed by atoms with Crippen LogP contribution >= 0.6 is 0 Å². The third-order valence-electron chi connectivity index (χ3n) is 3.88. The minimum atomic E-state index is -0.817. The van der Waals surface area contributed by atoms with Gasteiger partial charge in [0.2, 0.25) is 0 Å². The highest BCUT2D eigenvalue weighted by atomic mass is 16.4. The Morgan fingerprint density at radius 1 is 1.30 bits per heavy atom. The molecule has 20 heavy (non-hydrogen) atoms. The van der Waals surface area contributed by atoms with E-state index in [1.165, 1.54) is 0 Å². The molecule has 0 spiro atoms. The first-order valence-corrected chi connectivity index (χ1v) is 6.75. The Morgan fingerprint density at radius 3 is 2.95 bits per heavy atom. The molecule has 3 rings (SSSR count). The predicted octanol–water partition coefficient (Wildman–Crippen LogP) is 2.10. The number of aliphatic carboxylic acids is 1. The van der Waals surface area contributed by atoms with Crippen LogP contribution in [0.3, 0.4) is 0 Å². The molecular formula is C15H16N2O3. The van der Waals surface area contributed by atoms with Crippen LogP contribution in [0.1, 0.15) is 23.2 Å². The summed E-state index contributed by atoms with van der Waals surface area (Å²) < 4.78 is 0. The normalized spacial score (nSPS) is 19.2. The van der Waals surface area contributed by atoms with E-state index in [1.807, 2.05) is 18.2 Å². The first-order chi connectivity index (χ1) is 9.66. The van der Waals surface area contributed by atoms with Crippen molar-refractivity contribution in [1.29, 1.82) is 0 Å². The molecular weight excluding hydrogens is 256 g/mol. The quantitative estimate of drug-likeness (QED) is 0.879. The van der Waals surface area contributed by atoms with Gasteiger partial charge in [-0.3, -0.25) is 9.59 Å². The Hall–Kier alpha value is -2.30. The van der Waals surface area contributed by atoms with Crippen LogP contribution in [0.15, 0.2) is 30.5 Å². The number of nitrogens with one attached hydrogen (secondary N) is 1. The fourth-order valence-corrected chi connectivity index (χ4v) is 2.81. The second-order valence-corrected chi connectivity index (χ2v) is 5.17. The Morgan fingerprint density at radius 2 is 2.15 bits per heavy atom. The van der Waals surface area contributed by atoms with Gasteiger partial charge in [0.1, 0.15) is 0 Å². The van der Waals surface area contributed by atoms with Crippen molar-refractivity contribution in [3.05, 3.63) is 36.0 Å². The summed E-state index contributed by atoms with van der Waals surface area (Å²) in [6.45, 7) is 0.929. The zero-order valence-corrected chi connectivity index (χ0v) is 11.0. The van der Waals surface area contributed by atoms with E-state index in [2.05, 4.69) is 4.98 Å². The lowest BCUT2D eigenvalue weighted by molar-refractivity contribution is -0.143. The average molecular weight is 272 g/mol. The number of aromatic nitrogens is 1. The number of hydrogen-bond acceptors (Lipinski definition) is 2. The largest absolute Gasteiger partial charge is 0.481 e. The first-order valence-electron chi connectivity index (χ1n) is 6.75. The summed E-state index contributed by atoms with van der Waals surface area (Å²) >= 11 is 0. The molecule has 104 valence electrons. The summed E-state index contributed by atoms with van der Waals surface area (Å²) in [6.07, 6.45) is 3.19. The van der Waals surface area contributed by atoms with Crippen molar-refractivity contribution in [3.63, 3.8) is 0 Å². The summed E-state index contributed by atoms with van der Waals surface area (Å²) in [4.78, 5) is 28.4. The summed E-state index contributed by atoms with van der Waals surface area (Å²) in [5.74, 6) is -1.35. The molecule has 1 aromatic carbocycles. The maximum Gasteiger partial charge on any atom is 0.308 e. The number of benzene rings is 1. The number of carbonyl (C=O) groups excluding carboxylic acids is 1. The average Bonchev–Trinajstić information content (AvgIpc) is 2.95. The Bertz CT molecular complexity index is 662. The molecule has 5 nitrogen and oxygen atoms in total. The van der Waals surface area contributed by atoms with Crippen molar-refractivity contribution in [1.82, 2.24) is 9.88 Å². The second kappa shape index (κ2) is 5.00. The number of likely N-dealkylation sites (tertiary alicyclic amines) is 1. The molecule has 0 unspecified atom stereocenters. The molecule has 2 aromatic rings. The van der Waals surface area contributed by atoms with Crippen molar-refractivity contribution in [2.75, 3.05) is 13.1 Å².